The summed E-state index contributed by atoms with van der Waals surface area (Å²) in [6.45, 7) is 3.22. The summed E-state index contributed by atoms with van der Waals surface area (Å²) in [5, 5.41) is 56.1. The predicted molar refractivity (Wildman–Crippen MR) is 191 cm³/mol. The quantitative estimate of drug-likeness (QED) is 0.0209. The molecule has 0 aliphatic heterocycles. The molecule has 2 aromatic heterocycles. The van der Waals surface area contributed by atoms with Gasteiger partial charge in [-0.25, -0.2) is 5.26 Å². The minimum atomic E-state index is -4.73. The van der Waals surface area contributed by atoms with Crippen molar-refractivity contribution in [3.63, 3.8) is 0 Å². The normalized spacial score (nSPS) is 11.6. The molecule has 22 heteroatoms. The monoisotopic (exact) mass is 762 g/mol. The van der Waals surface area contributed by atoms with Gasteiger partial charge in [0, 0.05) is 42.4 Å². The number of aliphatic hydroxyl groups is 4. The van der Waals surface area contributed by atoms with Gasteiger partial charge in [-0.1, -0.05) is 29.3 Å². The zero-order chi connectivity index (χ0) is 37.7. The van der Waals surface area contributed by atoms with Crippen molar-refractivity contribution in [2.45, 2.75) is 23.6 Å². The molecule has 0 bridgehead atoms. The first-order valence-electron chi connectivity index (χ1n) is 15.5. The van der Waals surface area contributed by atoms with E-state index in [0.29, 0.717) is 39.8 Å². The van der Waals surface area contributed by atoms with Crippen LogP contribution < -0.4 is 20.4 Å². The fourth-order valence-corrected chi connectivity index (χ4v) is 5.94. The van der Waals surface area contributed by atoms with Crippen molar-refractivity contribution >= 4 is 69.5 Å². The van der Waals surface area contributed by atoms with E-state index in [1.807, 2.05) is 0 Å². The van der Waals surface area contributed by atoms with Crippen LogP contribution in [-0.4, -0.2) is 121 Å². The van der Waals surface area contributed by atoms with E-state index in [1.54, 1.807) is 54.0 Å². The number of benzene rings is 2. The SMILES string of the molecule is Cc1nc(Nc2ccc(/C=C/c3ccc(Nc4nc(C)nc(N(CCO)CCO)n4)cc3S(=O)(=O)O)c(SOOO)c2)nc(N(CCO)CCO)n1. The summed E-state index contributed by atoms with van der Waals surface area (Å²) in [6, 6.07) is 9.14. The third-order valence-corrected chi connectivity index (χ3v) is 8.50. The highest BCUT2D eigenvalue weighted by Gasteiger charge is 2.18. The molecule has 4 aromatic rings. The minimum absolute atomic E-state index is 0.0608. The fraction of sp³-hybridized carbons (Fsp3) is 0.333. The number of aromatic nitrogens is 6. The molecule has 0 saturated heterocycles. The molecule has 0 aliphatic rings. The molecule has 20 nitrogen and oxygen atoms in total. The Morgan fingerprint density at radius 1 is 0.712 bits per heavy atom. The summed E-state index contributed by atoms with van der Waals surface area (Å²) in [7, 11) is -4.73. The summed E-state index contributed by atoms with van der Waals surface area (Å²) in [6.07, 6.45) is 3.00. The van der Waals surface area contributed by atoms with E-state index in [4.69, 9.17) is 5.26 Å². The number of aliphatic hydroxyl groups excluding tert-OH is 4. The highest BCUT2D eigenvalue weighted by Crippen LogP contribution is 2.31. The van der Waals surface area contributed by atoms with Gasteiger partial charge in [0.05, 0.1) is 38.5 Å². The average molecular weight is 763 g/mol. The van der Waals surface area contributed by atoms with E-state index < -0.39 is 15.0 Å². The van der Waals surface area contributed by atoms with Gasteiger partial charge in [0.15, 0.2) is 0 Å². The molecule has 0 fully saturated rings. The van der Waals surface area contributed by atoms with Gasteiger partial charge in [0.2, 0.25) is 23.8 Å². The van der Waals surface area contributed by atoms with Crippen LogP contribution in [0, 0.1) is 13.8 Å². The first kappa shape index (κ1) is 40.2. The van der Waals surface area contributed by atoms with Gasteiger partial charge >= 0.3 is 0 Å². The van der Waals surface area contributed by atoms with Crippen LogP contribution in [0.5, 0.6) is 0 Å². The maximum absolute atomic E-state index is 12.5. The number of hydrogen-bond donors (Lipinski definition) is 8. The van der Waals surface area contributed by atoms with E-state index >= 15 is 0 Å². The molecule has 0 unspecified atom stereocenters. The summed E-state index contributed by atoms with van der Waals surface area (Å²) in [5.74, 6) is 1.37. The van der Waals surface area contributed by atoms with Crippen molar-refractivity contribution in [3.8, 4) is 0 Å². The molecular weight excluding hydrogens is 725 g/mol. The molecule has 0 spiro atoms. The zero-order valence-corrected chi connectivity index (χ0v) is 29.6. The van der Waals surface area contributed by atoms with Gasteiger partial charge in [-0.15, -0.1) is 4.33 Å². The number of hydrogen-bond acceptors (Lipinski definition) is 20. The average Bonchev–Trinajstić information content (AvgIpc) is 3.09. The standard InChI is InChI=1S/C30H38N10O10S2/c1-19-31-27(37-29(33-19)39(9-13-41)10-14-42)35-23-7-5-21(25(17-23)51-50-49-45)3-4-22-6-8-24(18-26(22)52(46,47)48)36-28-32-20(2)34-30(38-28)40(11-15-43)12-16-44/h3-8,17-18,41-45H,9-16H2,1-2H3,(H,46,47,48)(H,31,33,35,37)(H,32,34,36,38)/b4-3+. The summed E-state index contributed by atoms with van der Waals surface area (Å²) in [5.41, 5.74) is 1.32. The first-order valence-corrected chi connectivity index (χ1v) is 17.7. The second kappa shape index (κ2) is 19.3. The summed E-state index contributed by atoms with van der Waals surface area (Å²) in [4.78, 5) is 28.9. The van der Waals surface area contributed by atoms with Crippen molar-refractivity contribution in [1.29, 1.82) is 0 Å². The van der Waals surface area contributed by atoms with Crippen molar-refractivity contribution in [3.05, 3.63) is 59.2 Å². The molecule has 0 atom stereocenters. The fourth-order valence-electron chi connectivity index (χ4n) is 4.72. The maximum atomic E-state index is 12.5. The Balaban J connectivity index is 1.62. The number of nitrogens with one attached hydrogen (secondary N) is 2. The van der Waals surface area contributed by atoms with E-state index in [-0.39, 0.29) is 87.7 Å². The number of nitrogens with zero attached hydrogens (tertiary/aromatic N) is 8. The van der Waals surface area contributed by atoms with Crippen molar-refractivity contribution < 1.29 is 48.0 Å². The van der Waals surface area contributed by atoms with Crippen molar-refractivity contribution in [2.24, 2.45) is 0 Å². The largest absolute Gasteiger partial charge is 0.395 e. The highest BCUT2D eigenvalue weighted by molar-refractivity contribution is 7.94. The number of anilines is 6. The lowest BCUT2D eigenvalue weighted by Crippen LogP contribution is -2.31. The van der Waals surface area contributed by atoms with Crippen LogP contribution in [0.3, 0.4) is 0 Å². The second-order valence-electron chi connectivity index (χ2n) is 10.7. The topological polar surface area (TPSA) is 282 Å². The molecule has 0 saturated carbocycles. The molecule has 2 heterocycles. The van der Waals surface area contributed by atoms with E-state index in [9.17, 15) is 33.4 Å². The van der Waals surface area contributed by atoms with E-state index in [1.165, 1.54) is 18.2 Å². The van der Waals surface area contributed by atoms with Crippen LogP contribution in [0.25, 0.3) is 12.2 Å². The van der Waals surface area contributed by atoms with Crippen LogP contribution in [0.4, 0.5) is 35.2 Å². The number of rotatable bonds is 20. The van der Waals surface area contributed by atoms with Gasteiger partial charge in [0.25, 0.3) is 10.1 Å². The summed E-state index contributed by atoms with van der Waals surface area (Å²) >= 11 is 0.647. The van der Waals surface area contributed by atoms with Crippen LogP contribution in [0.15, 0.2) is 46.2 Å². The third-order valence-electron chi connectivity index (χ3n) is 6.93. The minimum Gasteiger partial charge on any atom is -0.395 e. The van der Waals surface area contributed by atoms with E-state index in [0.717, 1.165) is 0 Å². The number of aryl methyl sites for hydroxylation is 2. The Bertz CT molecular complexity index is 1930. The van der Waals surface area contributed by atoms with Crippen LogP contribution >= 0.6 is 12.0 Å². The molecule has 4 rings (SSSR count). The highest BCUT2D eigenvalue weighted by atomic mass is 32.2. The van der Waals surface area contributed by atoms with E-state index in [2.05, 4.69) is 49.9 Å². The van der Waals surface area contributed by atoms with Gasteiger partial charge in [-0.2, -0.15) is 38.3 Å². The Morgan fingerprint density at radius 3 is 1.63 bits per heavy atom. The van der Waals surface area contributed by atoms with Crippen molar-refractivity contribution in [1.82, 2.24) is 29.9 Å². The van der Waals surface area contributed by atoms with Gasteiger partial charge < -0.3 is 40.9 Å². The van der Waals surface area contributed by atoms with Gasteiger partial charge in [-0.3, -0.25) is 4.55 Å². The smallest absolute Gasteiger partial charge is 0.295 e. The molecule has 280 valence electrons. The Morgan fingerprint density at radius 2 is 1.17 bits per heavy atom. The van der Waals surface area contributed by atoms with Gasteiger partial charge in [0.1, 0.15) is 16.5 Å². The molecule has 52 heavy (non-hydrogen) atoms. The second-order valence-corrected chi connectivity index (χ2v) is 12.8. The van der Waals surface area contributed by atoms with Crippen molar-refractivity contribution in [2.75, 3.05) is 73.0 Å². The molecular formula is C30H38N10O10S2. The maximum Gasteiger partial charge on any atom is 0.295 e. The van der Waals surface area contributed by atoms with Crippen LogP contribution in [0.1, 0.15) is 22.8 Å². The zero-order valence-electron chi connectivity index (χ0n) is 28.0. The molecule has 8 N–H and O–H groups in total. The van der Waals surface area contributed by atoms with Crippen LogP contribution in [-0.2, 0) is 19.5 Å². The van der Waals surface area contributed by atoms with Gasteiger partial charge in [-0.05, 0) is 49.2 Å². The lowest BCUT2D eigenvalue weighted by Gasteiger charge is -2.21. The Hall–Kier alpha value is -4.62. The Labute approximate surface area is 302 Å². The molecule has 0 aliphatic carbocycles. The Kier molecular flexibility index (Phi) is 14.9. The van der Waals surface area contributed by atoms with Crippen LogP contribution in [0.2, 0.25) is 0 Å². The lowest BCUT2D eigenvalue weighted by atomic mass is 10.1. The molecule has 0 amide bonds. The first-order chi connectivity index (χ1) is 25.0. The lowest BCUT2D eigenvalue weighted by molar-refractivity contribution is -0.432. The summed E-state index contributed by atoms with van der Waals surface area (Å²) < 4.78 is 39.7. The molecule has 2 aromatic carbocycles. The molecule has 0 radical (unpaired) electrons. The predicted octanol–water partition coefficient (Wildman–Crippen LogP) is 1.59. The third kappa shape index (κ3) is 11.4.